The van der Waals surface area contributed by atoms with Crippen LogP contribution in [0.4, 0.5) is 16.1 Å². The minimum atomic E-state index is -0.454. The van der Waals surface area contributed by atoms with Crippen LogP contribution in [0.3, 0.4) is 0 Å². The summed E-state index contributed by atoms with van der Waals surface area (Å²) in [6.07, 6.45) is 0. The maximum absolute atomic E-state index is 13.6. The topological polar surface area (TPSA) is 38.1 Å². The lowest BCUT2D eigenvalue weighted by atomic mass is 10.3. The van der Waals surface area contributed by atoms with Gasteiger partial charge in [-0.25, -0.2) is 4.39 Å². The van der Waals surface area contributed by atoms with E-state index in [1.807, 2.05) is 18.2 Å². The normalized spacial score (nSPS) is 10.8. The molecule has 3 nitrogen and oxygen atoms in total. The summed E-state index contributed by atoms with van der Waals surface area (Å²) in [6.45, 7) is 0. The number of anilines is 2. The van der Waals surface area contributed by atoms with Crippen molar-refractivity contribution in [3.05, 3.63) is 53.3 Å². The molecule has 3 aromatic rings. The molecule has 3 rings (SSSR count). The molecule has 0 radical (unpaired) electrons. The Balaban J connectivity index is 1.96. The zero-order valence-corrected chi connectivity index (χ0v) is 9.91. The van der Waals surface area contributed by atoms with Crippen LogP contribution in [0.2, 0.25) is 5.02 Å². The first-order chi connectivity index (χ1) is 8.72. The van der Waals surface area contributed by atoms with Crippen molar-refractivity contribution in [1.82, 2.24) is 4.98 Å². The number of nitrogens with one attached hydrogen (secondary N) is 1. The number of hydrogen-bond donors (Lipinski definition) is 1. The standard InChI is InChI=1S/C13H8ClFN2O/c14-8-5-6-10(9(15)7-8)16-13-17-11-3-1-2-4-12(11)18-13/h1-7H,(H,16,17). The Hall–Kier alpha value is -2.07. The second kappa shape index (κ2) is 4.31. The lowest BCUT2D eigenvalue weighted by molar-refractivity contribution is 0.611. The van der Waals surface area contributed by atoms with Crippen LogP contribution in [0.25, 0.3) is 11.1 Å². The Bertz CT molecular complexity index is 678. The summed E-state index contributed by atoms with van der Waals surface area (Å²) in [5.74, 6) is -0.454. The van der Waals surface area contributed by atoms with Gasteiger partial charge in [-0.05, 0) is 30.3 Å². The van der Waals surface area contributed by atoms with Crippen molar-refractivity contribution in [2.45, 2.75) is 0 Å². The summed E-state index contributed by atoms with van der Waals surface area (Å²) >= 11 is 5.68. The molecular weight excluding hydrogens is 255 g/mol. The molecule has 0 amide bonds. The van der Waals surface area contributed by atoms with Gasteiger partial charge in [-0.2, -0.15) is 4.98 Å². The molecule has 0 aliphatic heterocycles. The zero-order chi connectivity index (χ0) is 12.5. The van der Waals surface area contributed by atoms with Gasteiger partial charge >= 0.3 is 0 Å². The summed E-state index contributed by atoms with van der Waals surface area (Å²) in [4.78, 5) is 4.19. The van der Waals surface area contributed by atoms with Crippen molar-refractivity contribution in [1.29, 1.82) is 0 Å². The summed E-state index contributed by atoms with van der Waals surface area (Å²) in [5, 5.41) is 3.12. The van der Waals surface area contributed by atoms with E-state index >= 15 is 0 Å². The van der Waals surface area contributed by atoms with E-state index in [9.17, 15) is 4.39 Å². The van der Waals surface area contributed by atoms with E-state index in [2.05, 4.69) is 10.3 Å². The monoisotopic (exact) mass is 262 g/mol. The minimum absolute atomic E-state index is 0.248. The average molecular weight is 263 g/mol. The smallest absolute Gasteiger partial charge is 0.300 e. The number of oxazole rings is 1. The highest BCUT2D eigenvalue weighted by molar-refractivity contribution is 6.30. The number of para-hydroxylation sites is 2. The van der Waals surface area contributed by atoms with Crippen molar-refractivity contribution < 1.29 is 8.81 Å². The van der Waals surface area contributed by atoms with E-state index < -0.39 is 5.82 Å². The van der Waals surface area contributed by atoms with E-state index in [-0.39, 0.29) is 11.7 Å². The Labute approximate surface area is 107 Å². The molecule has 0 fully saturated rings. The third-order valence-corrected chi connectivity index (χ3v) is 2.70. The summed E-state index contributed by atoms with van der Waals surface area (Å²) in [6, 6.07) is 11.9. The first-order valence-corrected chi connectivity index (χ1v) is 5.68. The van der Waals surface area contributed by atoms with Crippen LogP contribution < -0.4 is 5.32 Å². The van der Waals surface area contributed by atoms with Crippen molar-refractivity contribution in [2.75, 3.05) is 5.32 Å². The predicted molar refractivity (Wildman–Crippen MR) is 68.7 cm³/mol. The molecule has 0 spiro atoms. The van der Waals surface area contributed by atoms with Gasteiger partial charge in [-0.15, -0.1) is 0 Å². The SMILES string of the molecule is Fc1cc(Cl)ccc1Nc1nc2ccccc2o1. The van der Waals surface area contributed by atoms with Gasteiger partial charge in [0.15, 0.2) is 5.58 Å². The van der Waals surface area contributed by atoms with Crippen molar-refractivity contribution in [3.63, 3.8) is 0 Å². The Morgan fingerprint density at radius 2 is 2.00 bits per heavy atom. The van der Waals surface area contributed by atoms with Gasteiger partial charge in [0.05, 0.1) is 5.69 Å². The van der Waals surface area contributed by atoms with Crippen LogP contribution >= 0.6 is 11.6 Å². The van der Waals surface area contributed by atoms with Gasteiger partial charge in [-0.1, -0.05) is 23.7 Å². The molecule has 0 aliphatic carbocycles. The summed E-state index contributed by atoms with van der Waals surface area (Å²) < 4.78 is 19.0. The molecule has 1 aromatic heterocycles. The Morgan fingerprint density at radius 3 is 2.78 bits per heavy atom. The fourth-order valence-corrected chi connectivity index (χ4v) is 1.79. The molecule has 0 bridgehead atoms. The Kier molecular flexibility index (Phi) is 2.64. The first kappa shape index (κ1) is 11.0. The largest absolute Gasteiger partial charge is 0.423 e. The third-order valence-electron chi connectivity index (χ3n) is 2.47. The third kappa shape index (κ3) is 2.02. The van der Waals surface area contributed by atoms with E-state index in [0.717, 1.165) is 5.52 Å². The molecule has 0 atom stereocenters. The fraction of sp³-hybridized carbons (Fsp3) is 0. The van der Waals surface area contributed by atoms with E-state index in [1.165, 1.54) is 12.1 Å². The van der Waals surface area contributed by atoms with Gasteiger partial charge in [0.2, 0.25) is 0 Å². The maximum Gasteiger partial charge on any atom is 0.300 e. The highest BCUT2D eigenvalue weighted by Gasteiger charge is 2.08. The van der Waals surface area contributed by atoms with Gasteiger partial charge < -0.3 is 9.73 Å². The lowest BCUT2D eigenvalue weighted by Gasteiger charge is -2.02. The van der Waals surface area contributed by atoms with E-state index in [4.69, 9.17) is 16.0 Å². The van der Waals surface area contributed by atoms with Crippen LogP contribution in [0.1, 0.15) is 0 Å². The predicted octanol–water partition coefficient (Wildman–Crippen LogP) is 4.36. The molecule has 0 saturated carbocycles. The number of halogens is 2. The van der Waals surface area contributed by atoms with E-state index in [0.29, 0.717) is 10.6 Å². The molecule has 0 aliphatic rings. The van der Waals surface area contributed by atoms with Gasteiger partial charge in [0.1, 0.15) is 11.3 Å². The van der Waals surface area contributed by atoms with Crippen LogP contribution in [0.5, 0.6) is 0 Å². The lowest BCUT2D eigenvalue weighted by Crippen LogP contribution is -1.93. The van der Waals surface area contributed by atoms with Crippen molar-refractivity contribution >= 4 is 34.4 Å². The molecule has 0 saturated heterocycles. The summed E-state index contributed by atoms with van der Waals surface area (Å²) in [5.41, 5.74) is 1.63. The van der Waals surface area contributed by atoms with Gasteiger partial charge in [0, 0.05) is 5.02 Å². The maximum atomic E-state index is 13.6. The fourth-order valence-electron chi connectivity index (χ4n) is 1.63. The second-order valence-corrected chi connectivity index (χ2v) is 4.17. The molecule has 18 heavy (non-hydrogen) atoms. The molecule has 2 aromatic carbocycles. The van der Waals surface area contributed by atoms with Crippen LogP contribution in [-0.4, -0.2) is 4.98 Å². The average Bonchev–Trinajstić information content (AvgIpc) is 2.75. The highest BCUT2D eigenvalue weighted by atomic mass is 35.5. The molecular formula is C13H8ClFN2O. The minimum Gasteiger partial charge on any atom is -0.423 e. The molecule has 1 heterocycles. The van der Waals surface area contributed by atoms with Crippen molar-refractivity contribution in [2.24, 2.45) is 0 Å². The molecule has 90 valence electrons. The second-order valence-electron chi connectivity index (χ2n) is 3.74. The van der Waals surface area contributed by atoms with Gasteiger partial charge in [-0.3, -0.25) is 0 Å². The Morgan fingerprint density at radius 1 is 1.17 bits per heavy atom. The van der Waals surface area contributed by atoms with Crippen molar-refractivity contribution in [3.8, 4) is 0 Å². The quantitative estimate of drug-likeness (QED) is 0.745. The van der Waals surface area contributed by atoms with E-state index in [1.54, 1.807) is 12.1 Å². The van der Waals surface area contributed by atoms with Crippen LogP contribution in [0.15, 0.2) is 46.9 Å². The number of benzene rings is 2. The van der Waals surface area contributed by atoms with Crippen LogP contribution in [0, 0.1) is 5.82 Å². The molecule has 0 unspecified atom stereocenters. The number of nitrogens with zero attached hydrogens (tertiary/aromatic N) is 1. The molecule has 5 heteroatoms. The summed E-state index contributed by atoms with van der Waals surface area (Å²) in [7, 11) is 0. The highest BCUT2D eigenvalue weighted by Crippen LogP contribution is 2.25. The number of fused-ring (bicyclic) bond motifs is 1. The zero-order valence-electron chi connectivity index (χ0n) is 9.15. The number of aromatic nitrogens is 1. The van der Waals surface area contributed by atoms with Gasteiger partial charge in [0.25, 0.3) is 6.01 Å². The van der Waals surface area contributed by atoms with Crippen LogP contribution in [-0.2, 0) is 0 Å². The molecule has 1 N–H and O–H groups in total. The first-order valence-electron chi connectivity index (χ1n) is 5.30. The number of rotatable bonds is 2. The number of hydrogen-bond acceptors (Lipinski definition) is 3.